The van der Waals surface area contributed by atoms with Gasteiger partial charge in [-0.2, -0.15) is 0 Å². The van der Waals surface area contributed by atoms with Crippen LogP contribution in [-0.4, -0.2) is 65.8 Å². The number of urea groups is 1. The Bertz CT molecular complexity index is 327. The summed E-state index contributed by atoms with van der Waals surface area (Å²) in [7, 11) is 0. The van der Waals surface area contributed by atoms with Crippen molar-refractivity contribution in [1.29, 1.82) is 0 Å². The van der Waals surface area contributed by atoms with Gasteiger partial charge in [-0.15, -0.1) is 0 Å². The molecule has 1 N–H and O–H groups in total. The molecule has 0 spiro atoms. The van der Waals surface area contributed by atoms with Crippen LogP contribution < -0.4 is 0 Å². The van der Waals surface area contributed by atoms with Crippen LogP contribution in [0.1, 0.15) is 32.1 Å². The summed E-state index contributed by atoms with van der Waals surface area (Å²) < 4.78 is 5.35. The third-order valence-electron chi connectivity index (χ3n) is 3.78. The van der Waals surface area contributed by atoms with Crippen LogP contribution in [0.4, 0.5) is 4.79 Å². The lowest BCUT2D eigenvalue weighted by Gasteiger charge is -2.38. The maximum Gasteiger partial charge on any atom is 0.320 e. The van der Waals surface area contributed by atoms with Crippen molar-refractivity contribution in [3.63, 3.8) is 0 Å². The maximum absolute atomic E-state index is 12.5. The highest BCUT2D eigenvalue weighted by Crippen LogP contribution is 2.21. The highest BCUT2D eigenvalue weighted by molar-refractivity contribution is 5.76. The fraction of sp³-hybridized carbons (Fsp3) is 0.846. The van der Waals surface area contributed by atoms with Crippen LogP contribution in [0.2, 0.25) is 0 Å². The van der Waals surface area contributed by atoms with Crippen molar-refractivity contribution in [1.82, 2.24) is 9.80 Å². The standard InChI is InChI=1S/C13H22N2O4/c16-12(17)10-11-4-1-2-6-15(11)13(18)14-5-3-8-19-9-7-14/h11H,1-10H2,(H,16,17). The molecule has 1 unspecified atom stereocenters. The van der Waals surface area contributed by atoms with Gasteiger partial charge in [-0.05, 0) is 25.7 Å². The van der Waals surface area contributed by atoms with Crippen molar-refractivity contribution >= 4 is 12.0 Å². The van der Waals surface area contributed by atoms with Crippen molar-refractivity contribution in [3.8, 4) is 0 Å². The van der Waals surface area contributed by atoms with Gasteiger partial charge < -0.3 is 19.6 Å². The van der Waals surface area contributed by atoms with Crippen LogP contribution in [0, 0.1) is 0 Å². The lowest BCUT2D eigenvalue weighted by Crippen LogP contribution is -2.51. The zero-order valence-corrected chi connectivity index (χ0v) is 11.2. The average Bonchev–Trinajstić information content (AvgIpc) is 2.67. The quantitative estimate of drug-likeness (QED) is 0.817. The van der Waals surface area contributed by atoms with Gasteiger partial charge in [0.15, 0.2) is 0 Å². The molecule has 2 rings (SSSR count). The Morgan fingerprint density at radius 3 is 2.74 bits per heavy atom. The van der Waals surface area contributed by atoms with E-state index in [1.807, 2.05) is 0 Å². The Kier molecular flexibility index (Phi) is 5.01. The Hall–Kier alpha value is -1.30. The van der Waals surface area contributed by atoms with E-state index >= 15 is 0 Å². The normalized spacial score (nSPS) is 24.9. The van der Waals surface area contributed by atoms with Crippen LogP contribution in [0.25, 0.3) is 0 Å². The van der Waals surface area contributed by atoms with Gasteiger partial charge in [-0.25, -0.2) is 4.79 Å². The summed E-state index contributed by atoms with van der Waals surface area (Å²) in [6.45, 7) is 3.25. The molecule has 6 nitrogen and oxygen atoms in total. The molecule has 2 amide bonds. The number of hydrogen-bond donors (Lipinski definition) is 1. The molecular weight excluding hydrogens is 248 g/mol. The van der Waals surface area contributed by atoms with Gasteiger partial charge in [0, 0.05) is 32.3 Å². The number of carboxylic acids is 1. The number of carbonyl (C=O) groups excluding carboxylic acids is 1. The minimum Gasteiger partial charge on any atom is -0.481 e. The van der Waals surface area contributed by atoms with Gasteiger partial charge in [-0.1, -0.05) is 0 Å². The predicted molar refractivity (Wildman–Crippen MR) is 69.0 cm³/mol. The molecule has 2 aliphatic rings. The molecule has 0 aromatic carbocycles. The molecule has 2 saturated heterocycles. The maximum atomic E-state index is 12.5. The monoisotopic (exact) mass is 270 g/mol. The van der Waals surface area contributed by atoms with Gasteiger partial charge in [0.1, 0.15) is 0 Å². The third-order valence-corrected chi connectivity index (χ3v) is 3.78. The lowest BCUT2D eigenvalue weighted by atomic mass is 10.00. The highest BCUT2D eigenvalue weighted by Gasteiger charge is 2.31. The molecule has 0 aliphatic carbocycles. The summed E-state index contributed by atoms with van der Waals surface area (Å²) in [6.07, 6.45) is 3.67. The molecule has 0 aromatic heterocycles. The van der Waals surface area contributed by atoms with Crippen molar-refractivity contribution < 1.29 is 19.4 Å². The number of rotatable bonds is 2. The van der Waals surface area contributed by atoms with Crippen molar-refractivity contribution in [2.75, 3.05) is 32.8 Å². The number of hydrogen-bond acceptors (Lipinski definition) is 3. The average molecular weight is 270 g/mol. The third kappa shape index (κ3) is 3.83. The number of likely N-dealkylation sites (tertiary alicyclic amines) is 1. The van der Waals surface area contributed by atoms with E-state index in [4.69, 9.17) is 9.84 Å². The Balaban J connectivity index is 1.99. The Morgan fingerprint density at radius 1 is 1.11 bits per heavy atom. The van der Waals surface area contributed by atoms with E-state index in [0.717, 1.165) is 25.7 Å². The van der Waals surface area contributed by atoms with Gasteiger partial charge in [0.05, 0.1) is 13.0 Å². The number of carboxylic acid groups (broad SMARTS) is 1. The summed E-state index contributed by atoms with van der Waals surface area (Å²) >= 11 is 0. The van der Waals surface area contributed by atoms with Crippen molar-refractivity contribution in [2.24, 2.45) is 0 Å². The minimum atomic E-state index is -0.830. The van der Waals surface area contributed by atoms with E-state index in [-0.39, 0.29) is 18.5 Å². The topological polar surface area (TPSA) is 70.1 Å². The summed E-state index contributed by atoms with van der Waals surface area (Å²) in [4.78, 5) is 26.9. The van der Waals surface area contributed by atoms with E-state index in [2.05, 4.69) is 0 Å². The van der Waals surface area contributed by atoms with E-state index < -0.39 is 5.97 Å². The van der Waals surface area contributed by atoms with Crippen LogP contribution in [0.3, 0.4) is 0 Å². The summed E-state index contributed by atoms with van der Waals surface area (Å²) in [5, 5.41) is 8.95. The largest absolute Gasteiger partial charge is 0.481 e. The Labute approximate surface area is 113 Å². The molecular formula is C13H22N2O4. The number of piperidine rings is 1. The van der Waals surface area contributed by atoms with Crippen LogP contribution in [0.5, 0.6) is 0 Å². The van der Waals surface area contributed by atoms with Crippen LogP contribution in [0.15, 0.2) is 0 Å². The second-order valence-corrected chi connectivity index (χ2v) is 5.18. The molecule has 2 heterocycles. The zero-order chi connectivity index (χ0) is 13.7. The fourth-order valence-corrected chi connectivity index (χ4v) is 2.79. The molecule has 19 heavy (non-hydrogen) atoms. The smallest absolute Gasteiger partial charge is 0.320 e. The van der Waals surface area contributed by atoms with E-state index in [0.29, 0.717) is 32.8 Å². The Morgan fingerprint density at radius 2 is 1.95 bits per heavy atom. The second kappa shape index (κ2) is 6.75. The molecule has 2 aliphatic heterocycles. The SMILES string of the molecule is O=C(O)CC1CCCCN1C(=O)N1CCCOCC1. The van der Waals surface area contributed by atoms with Crippen molar-refractivity contribution in [3.05, 3.63) is 0 Å². The summed E-state index contributed by atoms with van der Waals surface area (Å²) in [5.41, 5.74) is 0. The highest BCUT2D eigenvalue weighted by atomic mass is 16.5. The fourth-order valence-electron chi connectivity index (χ4n) is 2.79. The van der Waals surface area contributed by atoms with Gasteiger partial charge in [-0.3, -0.25) is 4.79 Å². The first kappa shape index (κ1) is 14.1. The second-order valence-electron chi connectivity index (χ2n) is 5.18. The van der Waals surface area contributed by atoms with Crippen LogP contribution in [-0.2, 0) is 9.53 Å². The van der Waals surface area contributed by atoms with E-state index in [9.17, 15) is 9.59 Å². The number of nitrogens with zero attached hydrogens (tertiary/aromatic N) is 2. The first-order valence-corrected chi connectivity index (χ1v) is 7.03. The first-order valence-electron chi connectivity index (χ1n) is 7.03. The number of amides is 2. The van der Waals surface area contributed by atoms with Crippen LogP contribution >= 0.6 is 0 Å². The minimum absolute atomic E-state index is 0.0172. The van der Waals surface area contributed by atoms with Gasteiger partial charge in [0.2, 0.25) is 0 Å². The summed E-state index contributed by atoms with van der Waals surface area (Å²) in [6, 6.07) is -0.167. The molecule has 1 atom stereocenters. The number of ether oxygens (including phenoxy) is 1. The van der Waals surface area contributed by atoms with E-state index in [1.54, 1.807) is 9.80 Å². The molecule has 0 bridgehead atoms. The number of carbonyl (C=O) groups is 2. The molecule has 6 heteroatoms. The van der Waals surface area contributed by atoms with Crippen molar-refractivity contribution in [2.45, 2.75) is 38.1 Å². The number of aliphatic carboxylic acids is 1. The molecule has 0 radical (unpaired) electrons. The molecule has 0 aromatic rings. The predicted octanol–water partition coefficient (Wildman–Crippen LogP) is 1.16. The molecule has 108 valence electrons. The van der Waals surface area contributed by atoms with Gasteiger partial charge in [0.25, 0.3) is 0 Å². The van der Waals surface area contributed by atoms with E-state index in [1.165, 1.54) is 0 Å². The zero-order valence-electron chi connectivity index (χ0n) is 11.2. The molecule has 2 fully saturated rings. The molecule has 0 saturated carbocycles. The summed E-state index contributed by atoms with van der Waals surface area (Å²) in [5.74, 6) is -0.830. The first-order chi connectivity index (χ1) is 9.18. The lowest BCUT2D eigenvalue weighted by molar-refractivity contribution is -0.138. The van der Waals surface area contributed by atoms with Gasteiger partial charge >= 0.3 is 12.0 Å².